The van der Waals surface area contributed by atoms with Gasteiger partial charge in [0.05, 0.1) is 5.69 Å². The lowest BCUT2D eigenvalue weighted by molar-refractivity contribution is 0.256. The zero-order valence-corrected chi connectivity index (χ0v) is 17.4. The lowest BCUT2D eigenvalue weighted by atomic mass is 10.0. The Bertz CT molecular complexity index is 981. The van der Waals surface area contributed by atoms with Crippen LogP contribution in [0.25, 0.3) is 0 Å². The fourth-order valence-corrected chi connectivity index (χ4v) is 3.69. The van der Waals surface area contributed by atoms with Crippen molar-refractivity contribution in [2.24, 2.45) is 9.98 Å². The average molecular weight is 397 g/mol. The molecule has 1 fully saturated rings. The van der Waals surface area contributed by atoms with Crippen molar-refractivity contribution in [3.63, 3.8) is 0 Å². The maximum Gasteiger partial charge on any atom is 0.228 e. The number of amidine groups is 1. The van der Waals surface area contributed by atoms with Crippen molar-refractivity contribution >= 4 is 23.2 Å². The summed E-state index contributed by atoms with van der Waals surface area (Å²) in [5.74, 6) is 1.56. The lowest BCUT2D eigenvalue weighted by Gasteiger charge is -2.34. The first kappa shape index (κ1) is 19.9. The number of rotatable bonds is 3. The van der Waals surface area contributed by atoms with Gasteiger partial charge >= 0.3 is 0 Å². The number of hydrogen-bond donors (Lipinski definition) is 1. The third kappa shape index (κ3) is 5.15. The number of aliphatic imine (C=N–C) groups is 2. The molecule has 1 unspecified atom stereocenters. The highest BCUT2D eigenvalue weighted by Crippen LogP contribution is 2.21. The van der Waals surface area contributed by atoms with Gasteiger partial charge in [-0.25, -0.2) is 4.99 Å². The highest BCUT2D eigenvalue weighted by atomic mass is 15.3. The van der Waals surface area contributed by atoms with Crippen LogP contribution in [0.2, 0.25) is 0 Å². The maximum absolute atomic E-state index is 5.09. The summed E-state index contributed by atoms with van der Waals surface area (Å²) in [5, 5.41) is 3.51. The van der Waals surface area contributed by atoms with Crippen molar-refractivity contribution in [3.8, 4) is 0 Å². The number of hydrogen-bond acceptors (Lipinski definition) is 1. The second kappa shape index (κ2) is 9.88. The lowest BCUT2D eigenvalue weighted by Crippen LogP contribution is -2.42. The van der Waals surface area contributed by atoms with Crippen molar-refractivity contribution in [2.75, 3.05) is 11.9 Å². The molecule has 0 saturated carbocycles. The first-order valence-electron chi connectivity index (χ1n) is 10.7. The Kier molecular flexibility index (Phi) is 6.55. The van der Waals surface area contributed by atoms with E-state index in [2.05, 4.69) is 41.4 Å². The van der Waals surface area contributed by atoms with Crippen LogP contribution in [0, 0.1) is 0 Å². The van der Waals surface area contributed by atoms with Gasteiger partial charge in [0.25, 0.3) is 0 Å². The largest absolute Gasteiger partial charge is 0.340 e. The van der Waals surface area contributed by atoms with E-state index in [-0.39, 0.29) is 0 Å². The predicted octanol–water partition coefficient (Wildman–Crippen LogP) is 6.11. The molecule has 152 valence electrons. The van der Waals surface area contributed by atoms with E-state index in [1.165, 1.54) is 12.8 Å². The molecule has 4 rings (SSSR count). The number of anilines is 1. The Balaban J connectivity index is 1.78. The van der Waals surface area contributed by atoms with Crippen molar-refractivity contribution in [3.05, 3.63) is 96.6 Å². The first-order chi connectivity index (χ1) is 14.8. The average Bonchev–Trinajstić information content (AvgIpc) is 2.80. The van der Waals surface area contributed by atoms with E-state index in [1.54, 1.807) is 0 Å². The van der Waals surface area contributed by atoms with Crippen molar-refractivity contribution in [1.82, 2.24) is 4.90 Å². The van der Waals surface area contributed by atoms with Crippen LogP contribution in [0.15, 0.2) is 101 Å². The molecule has 3 aromatic carbocycles. The number of para-hydroxylation sites is 2. The standard InChI is InChI=1S/C26H28N4/c1-21-13-11-12-20-30(21)26(28-24-18-9-4-10-19-24)29-25(22-14-5-2-6-15-22)27-23-16-7-3-8-17-23/h2-10,14-19,21H,11-13,20H2,1H3,(H,27,28,29). The van der Waals surface area contributed by atoms with Crippen LogP contribution in [0.3, 0.4) is 0 Å². The molecule has 0 amide bonds. The highest BCUT2D eigenvalue weighted by molar-refractivity contribution is 6.13. The van der Waals surface area contributed by atoms with Gasteiger partial charge in [0, 0.05) is 23.8 Å². The van der Waals surface area contributed by atoms with E-state index in [4.69, 9.17) is 9.98 Å². The van der Waals surface area contributed by atoms with Crippen LogP contribution in [0.5, 0.6) is 0 Å². The third-order valence-corrected chi connectivity index (χ3v) is 5.34. The van der Waals surface area contributed by atoms with E-state index in [1.807, 2.05) is 66.7 Å². The molecule has 0 radical (unpaired) electrons. The maximum atomic E-state index is 5.09. The molecule has 0 spiro atoms. The van der Waals surface area contributed by atoms with Crippen LogP contribution in [-0.2, 0) is 0 Å². The van der Waals surface area contributed by atoms with Crippen LogP contribution < -0.4 is 5.32 Å². The summed E-state index contributed by atoms with van der Waals surface area (Å²) in [4.78, 5) is 12.4. The summed E-state index contributed by atoms with van der Waals surface area (Å²) in [6.07, 6.45) is 3.59. The molecule has 1 saturated heterocycles. The predicted molar refractivity (Wildman–Crippen MR) is 127 cm³/mol. The SMILES string of the molecule is CC1CCCCN1C(=Nc1ccccc1)/N=C(/Nc1ccccc1)c1ccccc1. The molecule has 1 aliphatic rings. The number of guanidine groups is 1. The molecule has 4 nitrogen and oxygen atoms in total. The number of likely N-dealkylation sites (tertiary alicyclic amines) is 1. The van der Waals surface area contributed by atoms with Crippen molar-refractivity contribution < 1.29 is 0 Å². The van der Waals surface area contributed by atoms with E-state index in [0.717, 1.165) is 41.7 Å². The molecular weight excluding hydrogens is 368 g/mol. The number of piperidine rings is 1. The van der Waals surface area contributed by atoms with Gasteiger partial charge in [-0.2, -0.15) is 4.99 Å². The Labute approximate surface area is 179 Å². The van der Waals surface area contributed by atoms with Gasteiger partial charge in [-0.1, -0.05) is 66.7 Å². The van der Waals surface area contributed by atoms with Crippen LogP contribution in [0.4, 0.5) is 11.4 Å². The van der Waals surface area contributed by atoms with Crippen LogP contribution in [-0.4, -0.2) is 29.3 Å². The fourth-order valence-electron chi connectivity index (χ4n) is 3.69. The molecule has 3 aromatic rings. The topological polar surface area (TPSA) is 40.0 Å². The van der Waals surface area contributed by atoms with Crippen LogP contribution >= 0.6 is 0 Å². The number of benzene rings is 3. The molecule has 4 heteroatoms. The number of nitrogens with zero attached hydrogens (tertiary/aromatic N) is 3. The summed E-state index contributed by atoms with van der Waals surface area (Å²) in [7, 11) is 0. The van der Waals surface area contributed by atoms with E-state index < -0.39 is 0 Å². The molecule has 0 aliphatic carbocycles. The molecular formula is C26H28N4. The van der Waals surface area contributed by atoms with E-state index in [0.29, 0.717) is 6.04 Å². The second-order valence-electron chi connectivity index (χ2n) is 7.60. The van der Waals surface area contributed by atoms with Gasteiger partial charge in [-0.15, -0.1) is 0 Å². The van der Waals surface area contributed by atoms with Gasteiger partial charge in [0.15, 0.2) is 0 Å². The van der Waals surface area contributed by atoms with E-state index in [9.17, 15) is 0 Å². The van der Waals surface area contributed by atoms with Crippen molar-refractivity contribution in [2.45, 2.75) is 32.2 Å². The molecule has 1 heterocycles. The Morgan fingerprint density at radius 3 is 2.13 bits per heavy atom. The van der Waals surface area contributed by atoms with Gasteiger partial charge < -0.3 is 10.2 Å². The fraction of sp³-hybridized carbons (Fsp3) is 0.231. The number of nitrogens with one attached hydrogen (secondary N) is 1. The Hall–Kier alpha value is -3.40. The minimum Gasteiger partial charge on any atom is -0.340 e. The Morgan fingerprint density at radius 1 is 0.833 bits per heavy atom. The summed E-state index contributed by atoms with van der Waals surface area (Å²) in [5.41, 5.74) is 2.96. The van der Waals surface area contributed by atoms with Gasteiger partial charge in [-0.3, -0.25) is 0 Å². The third-order valence-electron chi connectivity index (χ3n) is 5.34. The van der Waals surface area contributed by atoms with Gasteiger partial charge in [0.1, 0.15) is 5.84 Å². The summed E-state index contributed by atoms with van der Waals surface area (Å²) >= 11 is 0. The highest BCUT2D eigenvalue weighted by Gasteiger charge is 2.22. The smallest absolute Gasteiger partial charge is 0.228 e. The quantitative estimate of drug-likeness (QED) is 0.429. The Morgan fingerprint density at radius 2 is 1.47 bits per heavy atom. The zero-order valence-electron chi connectivity index (χ0n) is 17.4. The van der Waals surface area contributed by atoms with Crippen molar-refractivity contribution in [1.29, 1.82) is 0 Å². The second-order valence-corrected chi connectivity index (χ2v) is 7.60. The summed E-state index contributed by atoms with van der Waals surface area (Å²) < 4.78 is 0. The molecule has 1 aliphatic heterocycles. The molecule has 0 bridgehead atoms. The minimum absolute atomic E-state index is 0.415. The van der Waals surface area contributed by atoms with Gasteiger partial charge in [0.2, 0.25) is 5.96 Å². The monoisotopic (exact) mass is 396 g/mol. The van der Waals surface area contributed by atoms with Crippen LogP contribution in [0.1, 0.15) is 31.7 Å². The summed E-state index contributed by atoms with van der Waals surface area (Å²) in [6.45, 7) is 3.24. The summed E-state index contributed by atoms with van der Waals surface area (Å²) in [6, 6.07) is 30.9. The first-order valence-corrected chi connectivity index (χ1v) is 10.7. The normalized spacial score (nSPS) is 17.6. The van der Waals surface area contributed by atoms with Gasteiger partial charge in [-0.05, 0) is 50.5 Å². The molecule has 1 atom stereocenters. The molecule has 30 heavy (non-hydrogen) atoms. The zero-order chi connectivity index (χ0) is 20.6. The molecule has 1 N–H and O–H groups in total. The minimum atomic E-state index is 0.415. The van der Waals surface area contributed by atoms with E-state index >= 15 is 0 Å². The molecule has 0 aromatic heterocycles.